The number of carbonyl (C=O) groups is 2. The molecular weight excluding hydrogens is 364 g/mol. The maximum atomic E-state index is 13.5. The first kappa shape index (κ1) is 18.2. The monoisotopic (exact) mass is 381 g/mol. The summed E-state index contributed by atoms with van der Waals surface area (Å²) in [5.74, 6) is -1.75. The van der Waals surface area contributed by atoms with Crippen molar-refractivity contribution in [2.45, 2.75) is 13.5 Å². The molecule has 2 aromatic rings. The molecule has 6 nitrogen and oxygen atoms in total. The Kier molecular flexibility index (Phi) is 5.46. The largest absolute Gasteiger partial charge is 0.483 e. The first-order chi connectivity index (χ1) is 12.4. The zero-order valence-electron chi connectivity index (χ0n) is 14.1. The first-order valence-corrected chi connectivity index (χ1v) is 8.89. The number of amides is 2. The minimum atomic E-state index is -0.791. The topological polar surface area (TPSA) is 62.7 Å². The van der Waals surface area contributed by atoms with Crippen LogP contribution in [0.15, 0.2) is 23.6 Å². The fourth-order valence-corrected chi connectivity index (χ4v) is 3.27. The Bertz CT molecular complexity index is 819. The summed E-state index contributed by atoms with van der Waals surface area (Å²) in [6.07, 6.45) is 0. The number of halogens is 2. The maximum absolute atomic E-state index is 13.5. The van der Waals surface area contributed by atoms with E-state index < -0.39 is 11.6 Å². The molecule has 1 aromatic heterocycles. The molecule has 0 aliphatic carbocycles. The van der Waals surface area contributed by atoms with Gasteiger partial charge in [-0.2, -0.15) is 0 Å². The smallest absolute Gasteiger partial charge is 0.273 e. The van der Waals surface area contributed by atoms with E-state index in [0.717, 1.165) is 12.1 Å². The molecule has 0 atom stereocenters. The number of carbonyl (C=O) groups excluding carboxylic acids is 2. The summed E-state index contributed by atoms with van der Waals surface area (Å²) in [5.41, 5.74) is 0.296. The van der Waals surface area contributed by atoms with Crippen LogP contribution in [0.5, 0.6) is 5.75 Å². The lowest BCUT2D eigenvalue weighted by Crippen LogP contribution is -2.50. The van der Waals surface area contributed by atoms with Crippen LogP contribution in [0.4, 0.5) is 8.78 Å². The Labute approximate surface area is 153 Å². The van der Waals surface area contributed by atoms with Gasteiger partial charge in [-0.05, 0) is 12.1 Å². The molecule has 2 amide bonds. The molecular formula is C17H17F2N3O3S. The van der Waals surface area contributed by atoms with Crippen LogP contribution in [-0.4, -0.2) is 52.8 Å². The average Bonchev–Trinajstić information content (AvgIpc) is 3.09. The minimum absolute atomic E-state index is 0.00165. The molecule has 3 rings (SSSR count). The standard InChI is InChI=1S/C17H17F2N3O3S/c1-11(23)21-4-6-22(7-5-21)17(24)14-10-26-16(20-14)9-25-15-3-2-12(18)8-13(15)19/h2-3,8,10H,4-7,9H2,1H3. The van der Waals surface area contributed by atoms with Gasteiger partial charge in [0.25, 0.3) is 5.91 Å². The lowest BCUT2D eigenvalue weighted by Gasteiger charge is -2.33. The van der Waals surface area contributed by atoms with Gasteiger partial charge in [-0.25, -0.2) is 13.8 Å². The van der Waals surface area contributed by atoms with Crippen LogP contribution >= 0.6 is 11.3 Å². The molecule has 26 heavy (non-hydrogen) atoms. The average molecular weight is 381 g/mol. The van der Waals surface area contributed by atoms with Crippen LogP contribution in [0.1, 0.15) is 22.4 Å². The summed E-state index contributed by atoms with van der Waals surface area (Å²) in [6.45, 7) is 3.42. The van der Waals surface area contributed by atoms with Crippen molar-refractivity contribution in [2.24, 2.45) is 0 Å². The van der Waals surface area contributed by atoms with Crippen LogP contribution in [0.25, 0.3) is 0 Å². The SMILES string of the molecule is CC(=O)N1CCN(C(=O)c2csc(COc3ccc(F)cc3F)n2)CC1. The summed E-state index contributed by atoms with van der Waals surface area (Å²) in [4.78, 5) is 31.4. The van der Waals surface area contributed by atoms with E-state index in [0.29, 0.717) is 36.9 Å². The van der Waals surface area contributed by atoms with E-state index in [-0.39, 0.29) is 24.2 Å². The van der Waals surface area contributed by atoms with Crippen molar-refractivity contribution in [1.82, 2.24) is 14.8 Å². The first-order valence-electron chi connectivity index (χ1n) is 8.01. The second kappa shape index (κ2) is 7.77. The highest BCUT2D eigenvalue weighted by molar-refractivity contribution is 7.09. The second-order valence-electron chi connectivity index (χ2n) is 5.79. The van der Waals surface area contributed by atoms with Gasteiger partial charge in [0.1, 0.15) is 23.1 Å². The zero-order chi connectivity index (χ0) is 18.7. The molecule has 0 spiro atoms. The number of hydrogen-bond donors (Lipinski definition) is 0. The Morgan fingerprint density at radius 1 is 1.19 bits per heavy atom. The van der Waals surface area contributed by atoms with Crippen molar-refractivity contribution in [1.29, 1.82) is 0 Å². The zero-order valence-corrected chi connectivity index (χ0v) is 14.9. The van der Waals surface area contributed by atoms with Crippen molar-refractivity contribution in [3.05, 3.63) is 45.9 Å². The molecule has 1 aromatic carbocycles. The van der Waals surface area contributed by atoms with Gasteiger partial charge in [0.15, 0.2) is 11.6 Å². The van der Waals surface area contributed by atoms with Crippen molar-refractivity contribution in [3.8, 4) is 5.75 Å². The van der Waals surface area contributed by atoms with Gasteiger partial charge in [0, 0.05) is 44.5 Å². The Morgan fingerprint density at radius 3 is 2.54 bits per heavy atom. The van der Waals surface area contributed by atoms with Crippen LogP contribution in [0, 0.1) is 11.6 Å². The maximum Gasteiger partial charge on any atom is 0.273 e. The number of ether oxygens (including phenoxy) is 1. The van der Waals surface area contributed by atoms with Gasteiger partial charge in [-0.15, -0.1) is 11.3 Å². The van der Waals surface area contributed by atoms with E-state index in [9.17, 15) is 18.4 Å². The molecule has 0 bridgehead atoms. The van der Waals surface area contributed by atoms with Crippen molar-refractivity contribution >= 4 is 23.2 Å². The quantitative estimate of drug-likeness (QED) is 0.815. The molecule has 1 fully saturated rings. The fourth-order valence-electron chi connectivity index (χ4n) is 2.59. The van der Waals surface area contributed by atoms with Gasteiger partial charge in [0.2, 0.25) is 5.91 Å². The highest BCUT2D eigenvalue weighted by atomic mass is 32.1. The number of rotatable bonds is 4. The Balaban J connectivity index is 1.57. The fraction of sp³-hybridized carbons (Fsp3) is 0.353. The molecule has 0 saturated carbocycles. The van der Waals surface area contributed by atoms with Crippen LogP contribution in [0.3, 0.4) is 0 Å². The molecule has 2 heterocycles. The molecule has 0 N–H and O–H groups in total. The van der Waals surface area contributed by atoms with Crippen LogP contribution in [0.2, 0.25) is 0 Å². The molecule has 1 saturated heterocycles. The van der Waals surface area contributed by atoms with E-state index in [1.807, 2.05) is 0 Å². The molecule has 1 aliphatic heterocycles. The van der Waals surface area contributed by atoms with E-state index in [1.54, 1.807) is 15.2 Å². The number of aromatic nitrogens is 1. The summed E-state index contributed by atoms with van der Waals surface area (Å²) >= 11 is 1.23. The van der Waals surface area contributed by atoms with Gasteiger partial charge in [-0.3, -0.25) is 9.59 Å². The molecule has 9 heteroatoms. The number of thiazole rings is 1. The summed E-state index contributed by atoms with van der Waals surface area (Å²) < 4.78 is 31.7. The number of benzene rings is 1. The van der Waals surface area contributed by atoms with Crippen LogP contribution in [-0.2, 0) is 11.4 Å². The molecule has 138 valence electrons. The molecule has 0 unspecified atom stereocenters. The van der Waals surface area contributed by atoms with E-state index in [4.69, 9.17) is 4.74 Å². The predicted octanol–water partition coefficient (Wildman–Crippen LogP) is 2.30. The van der Waals surface area contributed by atoms with Crippen molar-refractivity contribution in [2.75, 3.05) is 26.2 Å². The van der Waals surface area contributed by atoms with Crippen molar-refractivity contribution < 1.29 is 23.1 Å². The van der Waals surface area contributed by atoms with Crippen molar-refractivity contribution in [3.63, 3.8) is 0 Å². The third-order valence-electron chi connectivity index (χ3n) is 4.03. The highest BCUT2D eigenvalue weighted by Gasteiger charge is 2.24. The predicted molar refractivity (Wildman–Crippen MR) is 91.0 cm³/mol. The minimum Gasteiger partial charge on any atom is -0.483 e. The normalized spacial score (nSPS) is 14.4. The second-order valence-corrected chi connectivity index (χ2v) is 6.73. The van der Waals surface area contributed by atoms with Gasteiger partial charge in [0.05, 0.1) is 0 Å². The van der Waals surface area contributed by atoms with Crippen LogP contribution < -0.4 is 4.74 Å². The number of piperazine rings is 1. The van der Waals surface area contributed by atoms with E-state index >= 15 is 0 Å². The van der Waals surface area contributed by atoms with Gasteiger partial charge >= 0.3 is 0 Å². The number of hydrogen-bond acceptors (Lipinski definition) is 5. The van der Waals surface area contributed by atoms with Gasteiger partial charge in [-0.1, -0.05) is 0 Å². The molecule has 1 aliphatic rings. The summed E-state index contributed by atoms with van der Waals surface area (Å²) in [6, 6.07) is 3.06. The lowest BCUT2D eigenvalue weighted by atomic mass is 10.3. The Morgan fingerprint density at radius 2 is 1.88 bits per heavy atom. The molecule has 0 radical (unpaired) electrons. The van der Waals surface area contributed by atoms with E-state index in [1.165, 1.54) is 24.3 Å². The summed E-state index contributed by atoms with van der Waals surface area (Å²) in [5, 5.41) is 2.14. The lowest BCUT2D eigenvalue weighted by molar-refractivity contribution is -0.130. The third-order valence-corrected chi connectivity index (χ3v) is 4.85. The third kappa shape index (κ3) is 4.16. The number of nitrogens with zero attached hydrogens (tertiary/aromatic N) is 3. The van der Waals surface area contributed by atoms with E-state index in [2.05, 4.69) is 4.98 Å². The summed E-state index contributed by atoms with van der Waals surface area (Å²) in [7, 11) is 0. The highest BCUT2D eigenvalue weighted by Crippen LogP contribution is 2.20. The van der Waals surface area contributed by atoms with Gasteiger partial charge < -0.3 is 14.5 Å². The Hall–Kier alpha value is -2.55.